The average molecular weight is 1000 g/mol. The summed E-state index contributed by atoms with van der Waals surface area (Å²) in [6, 6.07) is 17.3. The van der Waals surface area contributed by atoms with Gasteiger partial charge >= 0.3 is 0 Å². The van der Waals surface area contributed by atoms with Crippen LogP contribution in [0.15, 0.2) is 94.7 Å². The van der Waals surface area contributed by atoms with Crippen molar-refractivity contribution in [3.63, 3.8) is 0 Å². The molecular formula is C56H75ClN3O7S2+. The fraction of sp³-hybridized carbons (Fsp3) is 0.607. The molecule has 8 atom stereocenters. The molecule has 0 aromatic heterocycles. The highest BCUT2D eigenvalue weighted by Gasteiger charge is 2.72. The van der Waals surface area contributed by atoms with Gasteiger partial charge in [-0.25, -0.2) is 0 Å². The zero-order valence-electron chi connectivity index (χ0n) is 41.9. The summed E-state index contributed by atoms with van der Waals surface area (Å²) in [7, 11) is -4.00. The number of benzene rings is 2. The lowest BCUT2D eigenvalue weighted by molar-refractivity contribution is -0.438. The van der Waals surface area contributed by atoms with Crippen molar-refractivity contribution in [2.75, 3.05) is 30.3 Å². The van der Waals surface area contributed by atoms with E-state index in [-0.39, 0.29) is 22.5 Å². The second-order valence-corrected chi connectivity index (χ2v) is 24.5. The van der Waals surface area contributed by atoms with Crippen LogP contribution in [0.1, 0.15) is 143 Å². The minimum atomic E-state index is -4.00. The van der Waals surface area contributed by atoms with E-state index < -0.39 is 34.1 Å². The number of fused-ring (bicyclic) bond motifs is 3. The van der Waals surface area contributed by atoms with Crippen molar-refractivity contribution in [2.45, 2.75) is 167 Å². The monoisotopic (exact) mass is 1000 g/mol. The standard InChI is InChI=1S/C56H74ClN3O7S2/c1-37-25-28-42-38(2)50(64-51-56(42)41(37)31-32-55(7,66-51)67-56)65-52(68)58-33-14-8-9-15-34-59-45-23-12-10-21-43(45)53(3,4)47(59)29-26-39-19-18-20-40(49(39)57)27-30-48-54(5,6)44-22-11-13-24-46(44)60(48)35-16-17-36-69(61,62)63/h10-13,21-24,26-27,29-30,37-38,41-42,50-51H,8-9,14-20,25,28,31-36H2,1-7H3,(H-,58,61,62,63,68)/p+1/t37-,38-,41+,42+,50?,51-,55+,56-/m0/s1. The number of unbranched alkanes of at least 4 members (excludes halogenated alkanes) is 4. The van der Waals surface area contributed by atoms with Gasteiger partial charge in [-0.15, -0.1) is 0 Å². The fourth-order valence-electron chi connectivity index (χ4n) is 13.2. The van der Waals surface area contributed by atoms with Crippen molar-refractivity contribution in [2.24, 2.45) is 23.7 Å². The molecule has 9 rings (SSSR count). The molecule has 2 aromatic rings. The number of hydrogen-bond donors (Lipinski definition) is 2. The Morgan fingerprint density at radius 3 is 2.46 bits per heavy atom. The van der Waals surface area contributed by atoms with Gasteiger partial charge in [0.2, 0.25) is 12.0 Å². The second kappa shape index (κ2) is 19.9. The van der Waals surface area contributed by atoms with Crippen LogP contribution in [0.2, 0.25) is 0 Å². The van der Waals surface area contributed by atoms with Crippen molar-refractivity contribution in [3.8, 4) is 0 Å². The lowest BCUT2D eigenvalue weighted by atomic mass is 9.57. The third-order valence-corrected chi connectivity index (χ3v) is 18.4. The number of hydrogen-bond acceptors (Lipinski definition) is 8. The van der Waals surface area contributed by atoms with Crippen molar-refractivity contribution < 1.29 is 36.5 Å². The molecule has 0 radical (unpaired) electrons. The first-order valence-corrected chi connectivity index (χ1v) is 28.3. The maximum absolute atomic E-state index is 11.4. The van der Waals surface area contributed by atoms with Gasteiger partial charge in [0.1, 0.15) is 12.1 Å². The minimum absolute atomic E-state index is 0.140. The molecule has 7 aliphatic rings. The Kier molecular flexibility index (Phi) is 14.6. The van der Waals surface area contributed by atoms with Crippen molar-refractivity contribution in [1.29, 1.82) is 0 Å². The van der Waals surface area contributed by atoms with Gasteiger partial charge in [0.25, 0.3) is 15.3 Å². The van der Waals surface area contributed by atoms with E-state index in [1.54, 1.807) is 0 Å². The van der Waals surface area contributed by atoms with Crippen LogP contribution in [-0.2, 0) is 39.9 Å². The molecule has 69 heavy (non-hydrogen) atoms. The van der Waals surface area contributed by atoms with E-state index >= 15 is 0 Å². The summed E-state index contributed by atoms with van der Waals surface area (Å²) in [6.45, 7) is 18.1. The third-order valence-electron chi connectivity index (χ3n) is 16.9. The lowest BCUT2D eigenvalue weighted by Crippen LogP contribution is -2.66. The van der Waals surface area contributed by atoms with Gasteiger partial charge in [-0.3, -0.25) is 4.55 Å². The molecule has 5 aliphatic heterocycles. The van der Waals surface area contributed by atoms with E-state index in [1.165, 1.54) is 28.9 Å². The van der Waals surface area contributed by atoms with E-state index in [0.29, 0.717) is 42.3 Å². The Balaban J connectivity index is 0.813. The predicted octanol–water partition coefficient (Wildman–Crippen LogP) is 12.3. The van der Waals surface area contributed by atoms with Crippen molar-refractivity contribution >= 4 is 56.2 Å². The second-order valence-electron chi connectivity index (χ2n) is 22.2. The van der Waals surface area contributed by atoms with Crippen LogP contribution in [0.5, 0.6) is 0 Å². The molecule has 3 saturated heterocycles. The highest BCUT2D eigenvalue weighted by atomic mass is 35.5. The smallest absolute Gasteiger partial charge is 0.264 e. The molecule has 2 aliphatic carbocycles. The molecule has 0 amide bonds. The highest BCUT2D eigenvalue weighted by molar-refractivity contribution is 7.85. The molecule has 1 saturated carbocycles. The number of allylic oxidation sites excluding steroid dienone is 8. The molecule has 2 bridgehead atoms. The van der Waals surface area contributed by atoms with Gasteiger partial charge in [0.05, 0.1) is 11.2 Å². The zero-order valence-corrected chi connectivity index (χ0v) is 44.3. The van der Waals surface area contributed by atoms with E-state index in [0.717, 1.165) is 105 Å². The quantitative estimate of drug-likeness (QED) is 0.0730. The number of anilines is 1. The Labute approximate surface area is 422 Å². The summed E-state index contributed by atoms with van der Waals surface area (Å²) in [6.07, 6.45) is 20.5. The molecule has 2 aromatic carbocycles. The maximum Gasteiger partial charge on any atom is 0.264 e. The molecule has 10 nitrogen and oxygen atoms in total. The van der Waals surface area contributed by atoms with Gasteiger partial charge in [-0.05, 0) is 131 Å². The molecular weight excluding hydrogens is 926 g/mol. The first-order chi connectivity index (χ1) is 32.8. The molecule has 374 valence electrons. The number of thiocarbonyl (C=S) groups is 1. The molecule has 2 N–H and O–H groups in total. The topological polar surface area (TPSA) is 110 Å². The average Bonchev–Trinajstić information content (AvgIpc) is 3.76. The summed E-state index contributed by atoms with van der Waals surface area (Å²) >= 11 is 13.0. The van der Waals surface area contributed by atoms with Crippen molar-refractivity contribution in [3.05, 3.63) is 106 Å². The number of para-hydroxylation sites is 2. The Hall–Kier alpha value is -3.36. The van der Waals surface area contributed by atoms with Crippen LogP contribution in [0, 0.1) is 23.7 Å². The van der Waals surface area contributed by atoms with Crippen LogP contribution < -0.4 is 10.2 Å². The van der Waals surface area contributed by atoms with E-state index in [1.807, 2.05) is 6.07 Å². The number of nitrogens with one attached hydrogen (secondary N) is 1. The maximum atomic E-state index is 11.4. The van der Waals surface area contributed by atoms with Crippen LogP contribution >= 0.6 is 23.8 Å². The third kappa shape index (κ3) is 9.83. The van der Waals surface area contributed by atoms with Gasteiger partial charge < -0.3 is 29.2 Å². The first-order valence-electron chi connectivity index (χ1n) is 25.9. The SMILES string of the molecule is C[C@@H]1C(OC(=S)NCCCCCCN2/C(=C/C=C3\CCCC(/C=C/C4=[N+](CCCCS(=O)(=O)O)c5ccccc5C4(C)C)=C3Cl)C(C)(C)c3ccccc32)O[C@H]2O[C@@]3(C)CC[C@@H]4[C@@H](C)CC[C@H]1[C@]24O3. The van der Waals surface area contributed by atoms with Gasteiger partial charge in [-0.2, -0.15) is 13.0 Å². The first kappa shape index (κ1) is 50.6. The zero-order chi connectivity index (χ0) is 48.9. The number of ether oxygens (including phenoxy) is 4. The summed E-state index contributed by atoms with van der Waals surface area (Å²) in [4.78, 5) is 2.52. The Bertz CT molecular complexity index is 2570. The van der Waals surface area contributed by atoms with Crippen LogP contribution in [0.3, 0.4) is 0 Å². The van der Waals surface area contributed by atoms with Crippen molar-refractivity contribution in [1.82, 2.24) is 5.32 Å². The molecule has 1 spiro atoms. The van der Waals surface area contributed by atoms with Gasteiger partial charge in [0.15, 0.2) is 17.8 Å². The minimum Gasteiger partial charge on any atom is -0.441 e. The van der Waals surface area contributed by atoms with Crippen LogP contribution in [-0.4, -0.2) is 77.8 Å². The predicted molar refractivity (Wildman–Crippen MR) is 280 cm³/mol. The Morgan fingerprint density at radius 1 is 0.913 bits per heavy atom. The molecule has 4 fully saturated rings. The van der Waals surface area contributed by atoms with E-state index in [9.17, 15) is 13.0 Å². The largest absolute Gasteiger partial charge is 0.441 e. The summed E-state index contributed by atoms with van der Waals surface area (Å²) < 4.78 is 60.8. The molecule has 13 heteroatoms. The van der Waals surface area contributed by atoms with Gasteiger partial charge in [0, 0.05) is 77.3 Å². The molecule has 5 heterocycles. The molecule has 1 unspecified atom stereocenters. The Morgan fingerprint density at radius 2 is 1.67 bits per heavy atom. The van der Waals surface area contributed by atoms with E-state index in [2.05, 4.69) is 130 Å². The van der Waals surface area contributed by atoms with Crippen LogP contribution in [0.4, 0.5) is 11.4 Å². The summed E-state index contributed by atoms with van der Waals surface area (Å²) in [5, 5.41) is 4.59. The fourth-order valence-corrected chi connectivity index (χ4v) is 14.3. The number of halogens is 1. The van der Waals surface area contributed by atoms with Crippen LogP contribution in [0.25, 0.3) is 0 Å². The van der Waals surface area contributed by atoms with E-state index in [4.69, 9.17) is 42.8 Å². The highest BCUT2D eigenvalue weighted by Crippen LogP contribution is 2.63. The summed E-state index contributed by atoms with van der Waals surface area (Å²) in [5.74, 6) is 0.656. The normalized spacial score (nSPS) is 32.2. The number of rotatable bonds is 16. The summed E-state index contributed by atoms with van der Waals surface area (Å²) in [5.41, 5.74) is 8.90. The van der Waals surface area contributed by atoms with Gasteiger partial charge in [-0.1, -0.05) is 101 Å². The number of nitrogens with zero attached hydrogens (tertiary/aromatic N) is 2. The lowest BCUT2D eigenvalue weighted by Gasteiger charge is -2.58.